The molecule has 0 fully saturated rings. The quantitative estimate of drug-likeness (QED) is 0.284. The SMILES string of the molecule is c1cncc(-c2nc3ccccc3n2CCCCn2c(-c3cccnc3)nc3ccccc32)c1. The molecule has 166 valence electrons. The summed E-state index contributed by atoms with van der Waals surface area (Å²) < 4.78 is 4.64. The zero-order chi connectivity index (χ0) is 22.7. The summed E-state index contributed by atoms with van der Waals surface area (Å²) in [4.78, 5) is 18.4. The van der Waals surface area contributed by atoms with Gasteiger partial charge in [0.1, 0.15) is 11.6 Å². The van der Waals surface area contributed by atoms with Crippen LogP contribution in [0, 0.1) is 0 Å². The maximum Gasteiger partial charge on any atom is 0.142 e. The van der Waals surface area contributed by atoms with E-state index in [1.807, 2.05) is 36.7 Å². The highest BCUT2D eigenvalue weighted by Gasteiger charge is 2.14. The van der Waals surface area contributed by atoms with Gasteiger partial charge in [-0.05, 0) is 61.4 Å². The summed E-state index contributed by atoms with van der Waals surface area (Å²) in [5.74, 6) is 1.94. The van der Waals surface area contributed by atoms with Gasteiger partial charge in [0.05, 0.1) is 22.1 Å². The van der Waals surface area contributed by atoms with Crippen molar-refractivity contribution in [2.75, 3.05) is 0 Å². The third-order valence-electron chi connectivity index (χ3n) is 6.16. The first-order chi connectivity index (χ1) is 16.9. The molecular weight excluding hydrogens is 420 g/mol. The molecular formula is C28H24N6. The van der Waals surface area contributed by atoms with E-state index in [0.29, 0.717) is 0 Å². The topological polar surface area (TPSA) is 61.4 Å². The predicted molar refractivity (Wildman–Crippen MR) is 135 cm³/mol. The second-order valence-electron chi connectivity index (χ2n) is 8.34. The fourth-order valence-electron chi connectivity index (χ4n) is 4.57. The number of rotatable bonds is 7. The summed E-state index contributed by atoms with van der Waals surface area (Å²) >= 11 is 0. The van der Waals surface area contributed by atoms with Crippen LogP contribution in [0.25, 0.3) is 44.8 Å². The third-order valence-corrected chi connectivity index (χ3v) is 6.16. The molecule has 0 aliphatic rings. The zero-order valence-electron chi connectivity index (χ0n) is 18.7. The molecule has 0 saturated heterocycles. The van der Waals surface area contributed by atoms with Crippen molar-refractivity contribution in [1.29, 1.82) is 0 Å². The lowest BCUT2D eigenvalue weighted by Gasteiger charge is -2.12. The summed E-state index contributed by atoms with van der Waals surface area (Å²) in [7, 11) is 0. The molecule has 0 atom stereocenters. The van der Waals surface area contributed by atoms with E-state index in [1.54, 1.807) is 12.4 Å². The van der Waals surface area contributed by atoms with Crippen molar-refractivity contribution < 1.29 is 0 Å². The Bertz CT molecular complexity index is 1430. The minimum atomic E-state index is 0.888. The van der Waals surface area contributed by atoms with Gasteiger partial charge in [-0.15, -0.1) is 0 Å². The van der Waals surface area contributed by atoms with Gasteiger partial charge in [-0.1, -0.05) is 24.3 Å². The first kappa shape index (κ1) is 20.3. The summed E-state index contributed by atoms with van der Waals surface area (Å²) in [5, 5.41) is 0. The van der Waals surface area contributed by atoms with Gasteiger partial charge in [-0.2, -0.15) is 0 Å². The number of fused-ring (bicyclic) bond motifs is 2. The van der Waals surface area contributed by atoms with Gasteiger partial charge >= 0.3 is 0 Å². The fraction of sp³-hybridized carbons (Fsp3) is 0.143. The van der Waals surface area contributed by atoms with Crippen molar-refractivity contribution in [3.63, 3.8) is 0 Å². The maximum atomic E-state index is 4.91. The molecule has 0 radical (unpaired) electrons. The smallest absolute Gasteiger partial charge is 0.142 e. The van der Waals surface area contributed by atoms with Crippen LogP contribution in [-0.4, -0.2) is 29.1 Å². The standard InChI is InChI=1S/C28H24N6/c1-3-13-25-23(11-1)31-27(21-9-7-15-29-19-21)33(25)17-5-6-18-34-26-14-4-2-12-24(26)32-28(34)22-10-8-16-30-20-22/h1-4,7-16,19-20H,5-6,17-18H2. The molecule has 0 amide bonds. The summed E-state index contributed by atoms with van der Waals surface area (Å²) in [6, 6.07) is 24.7. The molecule has 6 nitrogen and oxygen atoms in total. The van der Waals surface area contributed by atoms with E-state index in [9.17, 15) is 0 Å². The second kappa shape index (κ2) is 8.90. The van der Waals surface area contributed by atoms with Gasteiger partial charge in [-0.25, -0.2) is 9.97 Å². The first-order valence-electron chi connectivity index (χ1n) is 11.6. The molecule has 0 bridgehead atoms. The number of aryl methyl sites for hydroxylation is 2. The molecule has 4 heterocycles. The molecule has 0 unspecified atom stereocenters. The Balaban J connectivity index is 1.27. The molecule has 0 aliphatic carbocycles. The molecule has 6 heteroatoms. The highest BCUT2D eigenvalue weighted by Crippen LogP contribution is 2.27. The Morgan fingerprint density at radius 3 is 1.44 bits per heavy atom. The van der Waals surface area contributed by atoms with Crippen molar-refractivity contribution in [3.8, 4) is 22.8 Å². The summed E-state index contributed by atoms with van der Waals surface area (Å²) in [5.41, 5.74) is 6.42. The van der Waals surface area contributed by atoms with Gasteiger partial charge < -0.3 is 9.13 Å². The molecule has 34 heavy (non-hydrogen) atoms. The van der Waals surface area contributed by atoms with Gasteiger partial charge in [0, 0.05) is 49.0 Å². The lowest BCUT2D eigenvalue weighted by Crippen LogP contribution is -2.05. The highest BCUT2D eigenvalue weighted by atomic mass is 15.1. The third kappa shape index (κ3) is 3.73. The molecule has 0 N–H and O–H groups in total. The normalized spacial score (nSPS) is 11.4. The Hall–Kier alpha value is -4.32. The van der Waals surface area contributed by atoms with Crippen LogP contribution >= 0.6 is 0 Å². The monoisotopic (exact) mass is 444 g/mol. The average Bonchev–Trinajstić information content (AvgIpc) is 3.46. The van der Waals surface area contributed by atoms with Crippen molar-refractivity contribution >= 4 is 22.1 Å². The minimum Gasteiger partial charge on any atom is -0.324 e. The lowest BCUT2D eigenvalue weighted by atomic mass is 10.2. The number of hydrogen-bond acceptors (Lipinski definition) is 4. The van der Waals surface area contributed by atoms with Gasteiger partial charge in [0.15, 0.2) is 0 Å². The largest absolute Gasteiger partial charge is 0.324 e. The average molecular weight is 445 g/mol. The Kier molecular flexibility index (Phi) is 5.32. The van der Waals surface area contributed by atoms with Crippen molar-refractivity contribution in [2.45, 2.75) is 25.9 Å². The van der Waals surface area contributed by atoms with E-state index in [-0.39, 0.29) is 0 Å². The van der Waals surface area contributed by atoms with E-state index < -0.39 is 0 Å². The number of nitrogens with zero attached hydrogens (tertiary/aromatic N) is 6. The van der Waals surface area contributed by atoms with Crippen molar-refractivity contribution in [1.82, 2.24) is 29.1 Å². The number of unbranched alkanes of at least 4 members (excludes halogenated alkanes) is 1. The zero-order valence-corrected chi connectivity index (χ0v) is 18.7. The number of hydrogen-bond donors (Lipinski definition) is 0. The van der Waals surface area contributed by atoms with Crippen LogP contribution in [0.2, 0.25) is 0 Å². The van der Waals surface area contributed by atoms with Crippen molar-refractivity contribution in [3.05, 3.63) is 97.6 Å². The van der Waals surface area contributed by atoms with Gasteiger partial charge in [0.25, 0.3) is 0 Å². The van der Waals surface area contributed by atoms with Crippen LogP contribution in [-0.2, 0) is 13.1 Å². The number of para-hydroxylation sites is 4. The molecule has 0 aliphatic heterocycles. The molecule has 2 aromatic carbocycles. The van der Waals surface area contributed by atoms with E-state index in [1.165, 1.54) is 0 Å². The summed E-state index contributed by atoms with van der Waals surface area (Å²) in [6.07, 6.45) is 9.40. The van der Waals surface area contributed by atoms with E-state index in [0.717, 1.165) is 70.8 Å². The number of pyridine rings is 2. The molecule has 6 rings (SSSR count). The number of imidazole rings is 2. The number of benzene rings is 2. The predicted octanol–water partition coefficient (Wildman–Crippen LogP) is 5.99. The van der Waals surface area contributed by atoms with E-state index >= 15 is 0 Å². The fourth-order valence-corrected chi connectivity index (χ4v) is 4.57. The van der Waals surface area contributed by atoms with Crippen molar-refractivity contribution in [2.24, 2.45) is 0 Å². The lowest BCUT2D eigenvalue weighted by molar-refractivity contribution is 0.571. The minimum absolute atomic E-state index is 0.888. The summed E-state index contributed by atoms with van der Waals surface area (Å²) in [6.45, 7) is 1.78. The first-order valence-corrected chi connectivity index (χ1v) is 11.6. The highest BCUT2D eigenvalue weighted by molar-refractivity contribution is 5.81. The van der Waals surface area contributed by atoms with Crippen LogP contribution in [0.5, 0.6) is 0 Å². The van der Waals surface area contributed by atoms with Gasteiger partial charge in [0.2, 0.25) is 0 Å². The van der Waals surface area contributed by atoms with Crippen LogP contribution in [0.1, 0.15) is 12.8 Å². The molecule has 6 aromatic rings. The maximum absolute atomic E-state index is 4.91. The van der Waals surface area contributed by atoms with Crippen LogP contribution < -0.4 is 0 Å². The molecule has 0 spiro atoms. The Morgan fingerprint density at radius 2 is 1.00 bits per heavy atom. The van der Waals surface area contributed by atoms with Crippen LogP contribution in [0.4, 0.5) is 0 Å². The Morgan fingerprint density at radius 1 is 0.529 bits per heavy atom. The van der Waals surface area contributed by atoms with E-state index in [2.05, 4.69) is 67.6 Å². The number of aromatic nitrogens is 6. The van der Waals surface area contributed by atoms with Crippen LogP contribution in [0.3, 0.4) is 0 Å². The van der Waals surface area contributed by atoms with Crippen LogP contribution in [0.15, 0.2) is 97.6 Å². The molecule has 4 aromatic heterocycles. The molecule has 0 saturated carbocycles. The van der Waals surface area contributed by atoms with Gasteiger partial charge in [-0.3, -0.25) is 9.97 Å². The Labute approximate surface area is 197 Å². The van der Waals surface area contributed by atoms with E-state index in [4.69, 9.17) is 9.97 Å². The second-order valence-corrected chi connectivity index (χ2v) is 8.34.